The van der Waals surface area contributed by atoms with E-state index in [0.717, 1.165) is 48.2 Å². The van der Waals surface area contributed by atoms with Crippen LogP contribution in [0.3, 0.4) is 0 Å². The number of ether oxygens (including phenoxy) is 1. The highest BCUT2D eigenvalue weighted by molar-refractivity contribution is 5.95. The number of likely N-dealkylation sites (tertiary alicyclic amines) is 2. The van der Waals surface area contributed by atoms with Crippen molar-refractivity contribution in [2.75, 3.05) is 31.9 Å². The van der Waals surface area contributed by atoms with E-state index in [9.17, 15) is 9.59 Å². The second-order valence-electron chi connectivity index (χ2n) is 11.5. The van der Waals surface area contributed by atoms with Crippen molar-refractivity contribution in [1.29, 1.82) is 0 Å². The van der Waals surface area contributed by atoms with Crippen LogP contribution in [0.5, 0.6) is 5.75 Å². The van der Waals surface area contributed by atoms with Gasteiger partial charge in [-0.3, -0.25) is 14.6 Å². The third-order valence-electron chi connectivity index (χ3n) is 8.54. The minimum absolute atomic E-state index is 0.0872. The summed E-state index contributed by atoms with van der Waals surface area (Å²) in [6.45, 7) is 4.67. The summed E-state index contributed by atoms with van der Waals surface area (Å²) in [7, 11) is 0. The van der Waals surface area contributed by atoms with Crippen LogP contribution < -0.4 is 15.8 Å². The lowest BCUT2D eigenvalue weighted by molar-refractivity contribution is 0.0644. The fourth-order valence-electron chi connectivity index (χ4n) is 6.01. The van der Waals surface area contributed by atoms with Gasteiger partial charge in [-0.2, -0.15) is 0 Å². The Labute approximate surface area is 258 Å². The average molecular weight is 591 g/mol. The van der Waals surface area contributed by atoms with E-state index in [1.54, 1.807) is 30.7 Å². The molecule has 9 nitrogen and oxygen atoms in total. The minimum atomic E-state index is -0.166. The number of aromatic nitrogens is 2. The zero-order valence-corrected chi connectivity index (χ0v) is 24.8. The molecule has 2 aliphatic rings. The fourth-order valence-corrected chi connectivity index (χ4v) is 6.01. The van der Waals surface area contributed by atoms with E-state index >= 15 is 0 Å². The van der Waals surface area contributed by atoms with Crippen molar-refractivity contribution in [2.24, 2.45) is 0 Å². The lowest BCUT2D eigenvalue weighted by atomic mass is 10.0. The molecule has 2 aromatic carbocycles. The van der Waals surface area contributed by atoms with E-state index in [1.807, 2.05) is 59.5 Å². The fraction of sp³-hybridized carbons (Fsp3) is 0.314. The molecule has 0 spiro atoms. The standard InChI is InChI=1S/C35H38N6O3/c36-33-32(44-24-26-4-3-5-29(20-26)34(42)39-22-25-10-14-37-15-11-25)21-30(23-38-33)27-6-8-28(9-7-27)35(43)41-18-12-31(13-19-41)40-16-1-2-17-40/h3-11,14-15,20-21,23,31H,1-2,12-13,16-19,22,24H2,(H2,36,38)(H,39,42). The number of nitrogens with two attached hydrogens (primary N) is 1. The molecule has 6 rings (SSSR count). The van der Waals surface area contributed by atoms with Crippen molar-refractivity contribution >= 4 is 17.6 Å². The van der Waals surface area contributed by atoms with Gasteiger partial charge >= 0.3 is 0 Å². The van der Waals surface area contributed by atoms with Crippen molar-refractivity contribution in [3.05, 3.63) is 108 Å². The first-order valence-electron chi connectivity index (χ1n) is 15.3. The number of piperidine rings is 1. The molecule has 44 heavy (non-hydrogen) atoms. The number of amides is 2. The largest absolute Gasteiger partial charge is 0.485 e. The van der Waals surface area contributed by atoms with Crippen LogP contribution in [0, 0.1) is 0 Å². The molecule has 2 aromatic heterocycles. The number of anilines is 1. The smallest absolute Gasteiger partial charge is 0.253 e. The maximum absolute atomic E-state index is 13.2. The monoisotopic (exact) mass is 590 g/mol. The van der Waals surface area contributed by atoms with Crippen LogP contribution in [-0.4, -0.2) is 63.8 Å². The van der Waals surface area contributed by atoms with Crippen LogP contribution in [0.4, 0.5) is 5.82 Å². The molecule has 226 valence electrons. The molecule has 2 aliphatic heterocycles. The van der Waals surface area contributed by atoms with Crippen LogP contribution >= 0.6 is 0 Å². The van der Waals surface area contributed by atoms with E-state index in [4.69, 9.17) is 10.5 Å². The predicted molar refractivity (Wildman–Crippen MR) is 170 cm³/mol. The summed E-state index contributed by atoms with van der Waals surface area (Å²) in [6.07, 6.45) is 9.79. The SMILES string of the molecule is Nc1ncc(-c2ccc(C(=O)N3CCC(N4CCCC4)CC3)cc2)cc1OCc1cccc(C(=O)NCc2ccncc2)c1. The topological polar surface area (TPSA) is 114 Å². The molecular weight excluding hydrogens is 552 g/mol. The Morgan fingerprint density at radius 2 is 1.61 bits per heavy atom. The first kappa shape index (κ1) is 29.3. The van der Waals surface area contributed by atoms with Crippen molar-refractivity contribution in [3.8, 4) is 16.9 Å². The lowest BCUT2D eigenvalue weighted by Crippen LogP contribution is -2.45. The van der Waals surface area contributed by atoms with E-state index in [0.29, 0.717) is 29.5 Å². The first-order valence-corrected chi connectivity index (χ1v) is 15.3. The zero-order chi connectivity index (χ0) is 30.3. The highest BCUT2D eigenvalue weighted by Gasteiger charge is 2.28. The molecule has 0 atom stereocenters. The van der Waals surface area contributed by atoms with Gasteiger partial charge < -0.3 is 25.6 Å². The van der Waals surface area contributed by atoms with Gasteiger partial charge in [0, 0.05) is 61.0 Å². The molecule has 2 amide bonds. The summed E-state index contributed by atoms with van der Waals surface area (Å²) in [6, 6.07) is 21.2. The Kier molecular flexibility index (Phi) is 9.12. The van der Waals surface area contributed by atoms with Crippen molar-refractivity contribution in [3.63, 3.8) is 0 Å². The number of carbonyl (C=O) groups excluding carboxylic acids is 2. The molecule has 0 saturated carbocycles. The maximum Gasteiger partial charge on any atom is 0.253 e. The molecular formula is C35H38N6O3. The van der Waals surface area contributed by atoms with Crippen molar-refractivity contribution in [1.82, 2.24) is 25.1 Å². The molecule has 0 unspecified atom stereocenters. The van der Waals surface area contributed by atoms with Crippen LogP contribution in [0.25, 0.3) is 11.1 Å². The molecule has 4 heterocycles. The Balaban J connectivity index is 1.05. The maximum atomic E-state index is 13.2. The summed E-state index contributed by atoms with van der Waals surface area (Å²) < 4.78 is 6.05. The molecule has 4 aromatic rings. The van der Waals surface area contributed by atoms with Crippen LogP contribution in [0.1, 0.15) is 57.5 Å². The van der Waals surface area contributed by atoms with Gasteiger partial charge in [-0.25, -0.2) is 4.98 Å². The number of pyridine rings is 2. The molecule has 9 heteroatoms. The predicted octanol–water partition coefficient (Wildman–Crippen LogP) is 4.94. The van der Waals surface area contributed by atoms with E-state index in [2.05, 4.69) is 20.2 Å². The van der Waals surface area contributed by atoms with Gasteiger partial charge in [-0.15, -0.1) is 0 Å². The number of nitrogens with zero attached hydrogens (tertiary/aromatic N) is 4. The van der Waals surface area contributed by atoms with Gasteiger partial charge in [-0.1, -0.05) is 24.3 Å². The van der Waals surface area contributed by atoms with Gasteiger partial charge in [0.1, 0.15) is 6.61 Å². The number of hydrogen-bond acceptors (Lipinski definition) is 7. The summed E-state index contributed by atoms with van der Waals surface area (Å²) in [5.74, 6) is 0.657. The third-order valence-corrected chi connectivity index (χ3v) is 8.54. The summed E-state index contributed by atoms with van der Waals surface area (Å²) in [5, 5.41) is 2.93. The summed E-state index contributed by atoms with van der Waals surface area (Å²) in [5.41, 5.74) is 10.9. The van der Waals surface area contributed by atoms with Gasteiger partial charge in [0.05, 0.1) is 0 Å². The second-order valence-corrected chi connectivity index (χ2v) is 11.5. The molecule has 0 aliphatic carbocycles. The third kappa shape index (κ3) is 7.06. The summed E-state index contributed by atoms with van der Waals surface area (Å²) in [4.78, 5) is 38.8. The number of carbonyl (C=O) groups is 2. The number of benzene rings is 2. The van der Waals surface area contributed by atoms with Gasteiger partial charge in [-0.05, 0) is 97.9 Å². The normalized spacial score (nSPS) is 15.7. The number of nitrogen functional groups attached to an aromatic ring is 1. The average Bonchev–Trinajstić information content (AvgIpc) is 3.63. The number of hydrogen-bond donors (Lipinski definition) is 2. The first-order chi connectivity index (χ1) is 21.5. The van der Waals surface area contributed by atoms with Crippen LogP contribution in [0.2, 0.25) is 0 Å². The van der Waals surface area contributed by atoms with Crippen LogP contribution in [0.15, 0.2) is 85.3 Å². The minimum Gasteiger partial charge on any atom is -0.485 e. The Hall–Kier alpha value is -4.76. The van der Waals surface area contributed by atoms with Crippen LogP contribution in [-0.2, 0) is 13.2 Å². The molecule has 2 saturated heterocycles. The molecule has 2 fully saturated rings. The molecule has 0 radical (unpaired) electrons. The Morgan fingerprint density at radius 1 is 0.864 bits per heavy atom. The van der Waals surface area contributed by atoms with Gasteiger partial charge in [0.25, 0.3) is 11.8 Å². The Morgan fingerprint density at radius 3 is 2.36 bits per heavy atom. The van der Waals surface area contributed by atoms with E-state index < -0.39 is 0 Å². The van der Waals surface area contributed by atoms with Gasteiger partial charge in [0.2, 0.25) is 0 Å². The second kappa shape index (κ2) is 13.7. The highest BCUT2D eigenvalue weighted by atomic mass is 16.5. The Bertz CT molecular complexity index is 1580. The molecule has 3 N–H and O–H groups in total. The van der Waals surface area contributed by atoms with E-state index in [1.165, 1.54) is 25.9 Å². The van der Waals surface area contributed by atoms with Gasteiger partial charge in [0.15, 0.2) is 11.6 Å². The van der Waals surface area contributed by atoms with Crippen molar-refractivity contribution < 1.29 is 14.3 Å². The summed E-state index contributed by atoms with van der Waals surface area (Å²) >= 11 is 0. The lowest BCUT2D eigenvalue weighted by Gasteiger charge is -2.36. The zero-order valence-electron chi connectivity index (χ0n) is 24.8. The molecule has 0 bridgehead atoms. The number of rotatable bonds is 9. The quantitative estimate of drug-likeness (QED) is 0.284. The van der Waals surface area contributed by atoms with E-state index in [-0.39, 0.29) is 24.2 Å². The number of nitrogens with one attached hydrogen (secondary N) is 1. The highest BCUT2D eigenvalue weighted by Crippen LogP contribution is 2.29. The van der Waals surface area contributed by atoms with Crippen molar-refractivity contribution in [2.45, 2.75) is 44.9 Å².